The van der Waals surface area contributed by atoms with Gasteiger partial charge in [0.1, 0.15) is 0 Å². The van der Waals surface area contributed by atoms with Gasteiger partial charge in [-0.2, -0.15) is 0 Å². The van der Waals surface area contributed by atoms with Crippen LogP contribution in [0.4, 0.5) is 0 Å². The van der Waals surface area contributed by atoms with E-state index in [-0.39, 0.29) is 30.0 Å². The maximum absolute atomic E-state index is 11.6. The number of aromatic nitrogens is 2. The van der Waals surface area contributed by atoms with E-state index in [1.165, 1.54) is 4.68 Å². The fourth-order valence-electron chi connectivity index (χ4n) is 1.51. The molecule has 0 saturated heterocycles. The standard InChI is InChI=1S/C10H18N2O.V/c1-6(2)8-9(7(3)4)11-12(5)10(8)13;/h6-7H,1-5H3,(H,11,13);/p-1. The van der Waals surface area contributed by atoms with Crippen molar-refractivity contribution in [2.75, 3.05) is 0 Å². The molecule has 1 rings (SSSR count). The average molecular weight is 232 g/mol. The molecule has 0 amide bonds. The van der Waals surface area contributed by atoms with E-state index in [1.807, 2.05) is 13.8 Å². The molecule has 0 atom stereocenters. The Bertz CT molecular complexity index is 349. The summed E-state index contributed by atoms with van der Waals surface area (Å²) in [5, 5.41) is 4.24. The summed E-state index contributed by atoms with van der Waals surface area (Å²) in [7, 11) is 1.71. The Morgan fingerprint density at radius 3 is 1.93 bits per heavy atom. The van der Waals surface area contributed by atoms with Crippen LogP contribution in [-0.2, 0) is 25.6 Å². The summed E-state index contributed by atoms with van der Waals surface area (Å²) in [6.45, 7) is 8.19. The molecule has 0 N–H and O–H groups in total. The van der Waals surface area contributed by atoms with Crippen molar-refractivity contribution in [1.82, 2.24) is 9.78 Å². The molecule has 1 radical (unpaired) electrons. The van der Waals surface area contributed by atoms with Crippen LogP contribution >= 0.6 is 0 Å². The fraction of sp³-hybridized carbons (Fsp3) is 0.700. The summed E-state index contributed by atoms with van der Waals surface area (Å²) in [6.07, 6.45) is 0. The number of nitrogens with zero attached hydrogens (tertiary/aromatic N) is 2. The molecule has 0 fully saturated rings. The van der Waals surface area contributed by atoms with Gasteiger partial charge in [-0.05, 0) is 18.9 Å². The van der Waals surface area contributed by atoms with Crippen molar-refractivity contribution in [3.05, 3.63) is 21.6 Å². The molecule has 1 aromatic rings. The van der Waals surface area contributed by atoms with Crippen LogP contribution in [0.3, 0.4) is 0 Å². The molecule has 0 saturated carbocycles. The molecule has 3 nitrogen and oxygen atoms in total. The molecule has 0 aliphatic carbocycles. The molecule has 0 aliphatic heterocycles. The van der Waals surface area contributed by atoms with Crippen molar-refractivity contribution in [2.24, 2.45) is 7.05 Å². The van der Waals surface area contributed by atoms with Gasteiger partial charge in [-0.1, -0.05) is 27.7 Å². The summed E-state index contributed by atoms with van der Waals surface area (Å²) in [5.74, 6) is 0.588. The molecule has 0 bridgehead atoms. The summed E-state index contributed by atoms with van der Waals surface area (Å²) >= 11 is 0. The van der Waals surface area contributed by atoms with Crippen LogP contribution < -0.4 is 10.7 Å². The van der Waals surface area contributed by atoms with E-state index in [1.54, 1.807) is 7.05 Å². The maximum atomic E-state index is 11.6. The van der Waals surface area contributed by atoms with Gasteiger partial charge < -0.3 is 9.78 Å². The summed E-state index contributed by atoms with van der Waals surface area (Å²) in [4.78, 5) is 11.6. The molecule has 79 valence electrons. The van der Waals surface area contributed by atoms with E-state index in [2.05, 4.69) is 18.9 Å². The fourth-order valence-corrected chi connectivity index (χ4v) is 1.51. The number of aryl methyl sites for hydroxylation is 1. The SMILES string of the molecule is CC(C)c1[n-]n(C)c(=O)c1C(C)C.[V]. The third-order valence-corrected chi connectivity index (χ3v) is 2.18. The van der Waals surface area contributed by atoms with E-state index >= 15 is 0 Å². The third kappa shape index (κ3) is 2.34. The van der Waals surface area contributed by atoms with Crippen LogP contribution in [0.1, 0.15) is 50.8 Å². The first-order valence-electron chi connectivity index (χ1n) is 4.69. The van der Waals surface area contributed by atoms with E-state index in [0.717, 1.165) is 11.3 Å². The Morgan fingerprint density at radius 2 is 1.64 bits per heavy atom. The Labute approximate surface area is 96.8 Å². The molecule has 0 aromatic carbocycles. The predicted molar refractivity (Wildman–Crippen MR) is 53.2 cm³/mol. The molecule has 0 unspecified atom stereocenters. The topological polar surface area (TPSA) is 36.1 Å². The van der Waals surface area contributed by atoms with Gasteiger partial charge in [0.2, 0.25) is 5.56 Å². The monoisotopic (exact) mass is 232 g/mol. The molecular weight excluding hydrogens is 215 g/mol. The Morgan fingerprint density at radius 1 is 1.14 bits per heavy atom. The maximum Gasteiger partial charge on any atom is 0.235 e. The van der Waals surface area contributed by atoms with Crippen LogP contribution in [0, 0.1) is 0 Å². The molecule has 4 heteroatoms. The molecular formula is C10H17N2OV-. The first-order valence-corrected chi connectivity index (χ1v) is 4.69. The molecule has 14 heavy (non-hydrogen) atoms. The van der Waals surface area contributed by atoms with Crippen molar-refractivity contribution in [3.63, 3.8) is 0 Å². The molecule has 1 heterocycles. The van der Waals surface area contributed by atoms with E-state index in [0.29, 0.717) is 5.92 Å². The van der Waals surface area contributed by atoms with Crippen molar-refractivity contribution < 1.29 is 18.6 Å². The smallest absolute Gasteiger partial charge is 0.235 e. The number of rotatable bonds is 2. The minimum atomic E-state index is 0. The first-order chi connectivity index (χ1) is 5.95. The third-order valence-electron chi connectivity index (χ3n) is 2.18. The van der Waals surface area contributed by atoms with Gasteiger partial charge in [-0.25, -0.2) is 0 Å². The van der Waals surface area contributed by atoms with Crippen LogP contribution in [0.5, 0.6) is 0 Å². The first kappa shape index (κ1) is 13.6. The van der Waals surface area contributed by atoms with Crippen molar-refractivity contribution in [1.29, 1.82) is 0 Å². The Kier molecular flexibility index (Phi) is 4.75. The second kappa shape index (κ2) is 4.90. The zero-order valence-corrected chi connectivity index (χ0v) is 10.8. The van der Waals surface area contributed by atoms with Crippen LogP contribution in [-0.4, -0.2) is 4.68 Å². The minimum Gasteiger partial charge on any atom is -0.595 e. The summed E-state index contributed by atoms with van der Waals surface area (Å²) in [6, 6.07) is 0. The molecule has 0 spiro atoms. The van der Waals surface area contributed by atoms with Gasteiger partial charge in [-0.3, -0.25) is 4.79 Å². The van der Waals surface area contributed by atoms with Gasteiger partial charge in [0.05, 0.1) is 0 Å². The van der Waals surface area contributed by atoms with Crippen molar-refractivity contribution in [2.45, 2.75) is 39.5 Å². The van der Waals surface area contributed by atoms with Crippen molar-refractivity contribution in [3.8, 4) is 0 Å². The predicted octanol–water partition coefficient (Wildman–Crippen LogP) is 1.59. The molecule has 1 aromatic heterocycles. The van der Waals surface area contributed by atoms with Gasteiger partial charge in [-0.15, -0.1) is 5.69 Å². The van der Waals surface area contributed by atoms with Gasteiger partial charge >= 0.3 is 0 Å². The second-order valence-electron chi connectivity index (χ2n) is 4.04. The van der Waals surface area contributed by atoms with Crippen LogP contribution in [0.2, 0.25) is 0 Å². The van der Waals surface area contributed by atoms with E-state index in [9.17, 15) is 4.79 Å². The number of hydrogen-bond acceptors (Lipinski definition) is 1. The van der Waals surface area contributed by atoms with E-state index in [4.69, 9.17) is 0 Å². The normalized spacial score (nSPS) is 10.8. The van der Waals surface area contributed by atoms with Crippen LogP contribution in [0.25, 0.3) is 0 Å². The average Bonchev–Trinajstić information content (AvgIpc) is 2.28. The van der Waals surface area contributed by atoms with Gasteiger partial charge in [0.25, 0.3) is 0 Å². The largest absolute Gasteiger partial charge is 0.595 e. The summed E-state index contributed by atoms with van der Waals surface area (Å²) in [5.41, 5.74) is 1.87. The molecule has 0 aliphatic rings. The Hall–Kier alpha value is -0.406. The quantitative estimate of drug-likeness (QED) is 0.776. The zero-order chi connectivity index (χ0) is 10.2. The summed E-state index contributed by atoms with van der Waals surface area (Å²) < 4.78 is 1.44. The number of hydrogen-bond donors (Lipinski definition) is 0. The van der Waals surface area contributed by atoms with Gasteiger partial charge in [0.15, 0.2) is 0 Å². The van der Waals surface area contributed by atoms with Gasteiger partial charge in [0, 0.05) is 24.1 Å². The van der Waals surface area contributed by atoms with Crippen LogP contribution in [0.15, 0.2) is 4.79 Å². The minimum absolute atomic E-state index is 0. The van der Waals surface area contributed by atoms with E-state index < -0.39 is 0 Å². The zero-order valence-electron chi connectivity index (χ0n) is 9.40. The second-order valence-corrected chi connectivity index (χ2v) is 4.04. The Balaban J connectivity index is 0.00000169. The van der Waals surface area contributed by atoms with Crippen molar-refractivity contribution >= 4 is 0 Å².